The lowest BCUT2D eigenvalue weighted by Gasteiger charge is -2.38. The zero-order valence-electron chi connectivity index (χ0n) is 11.4. The molecule has 0 aromatic carbocycles. The maximum absolute atomic E-state index is 12.1. The molecule has 0 bridgehead atoms. The van der Waals surface area contributed by atoms with Gasteiger partial charge in [-0.2, -0.15) is 0 Å². The molecule has 0 radical (unpaired) electrons. The van der Waals surface area contributed by atoms with Crippen LogP contribution in [-0.4, -0.2) is 30.8 Å². The third kappa shape index (κ3) is 3.09. The summed E-state index contributed by atoms with van der Waals surface area (Å²) in [6, 6.07) is 1.79. The molecule has 2 N–H and O–H groups in total. The predicted octanol–water partition coefficient (Wildman–Crippen LogP) is 2.43. The maximum atomic E-state index is 12.1. The highest BCUT2D eigenvalue weighted by molar-refractivity contribution is 7.12. The lowest BCUT2D eigenvalue weighted by atomic mass is 9.73. The second-order valence-electron chi connectivity index (χ2n) is 5.42. The maximum Gasteiger partial charge on any atom is 0.265 e. The Morgan fingerprint density at radius 1 is 1.63 bits per heavy atom. The van der Waals surface area contributed by atoms with Gasteiger partial charge in [-0.15, -0.1) is 11.3 Å². The zero-order chi connectivity index (χ0) is 13.9. The van der Waals surface area contributed by atoms with E-state index in [1.165, 1.54) is 11.3 Å². The molecule has 1 aliphatic carbocycles. The van der Waals surface area contributed by atoms with Crippen molar-refractivity contribution in [2.45, 2.75) is 38.7 Å². The average Bonchev–Trinajstić information content (AvgIpc) is 2.88. The molecule has 106 valence electrons. The van der Waals surface area contributed by atoms with E-state index in [1.807, 2.05) is 12.3 Å². The fraction of sp³-hybridized carbons (Fsp3) is 0.643. The second-order valence-corrected chi connectivity index (χ2v) is 6.33. The highest BCUT2D eigenvalue weighted by Crippen LogP contribution is 2.35. The molecular formula is C14H21NO3S. The summed E-state index contributed by atoms with van der Waals surface area (Å²) in [5, 5.41) is 14.9. The Balaban J connectivity index is 1.96. The van der Waals surface area contributed by atoms with Crippen molar-refractivity contribution in [2.24, 2.45) is 5.41 Å². The Morgan fingerprint density at radius 3 is 3.11 bits per heavy atom. The number of carbonyl (C=O) groups is 1. The van der Waals surface area contributed by atoms with Crippen LogP contribution in [-0.2, 0) is 0 Å². The van der Waals surface area contributed by atoms with E-state index >= 15 is 0 Å². The van der Waals surface area contributed by atoms with Crippen LogP contribution in [0.2, 0.25) is 0 Å². The van der Waals surface area contributed by atoms with Crippen molar-refractivity contribution in [1.82, 2.24) is 5.32 Å². The summed E-state index contributed by atoms with van der Waals surface area (Å²) in [5.41, 5.74) is -0.210. The number of thiophene rings is 1. The Kier molecular flexibility index (Phi) is 4.47. The summed E-state index contributed by atoms with van der Waals surface area (Å²) >= 11 is 1.37. The topological polar surface area (TPSA) is 58.6 Å². The van der Waals surface area contributed by atoms with E-state index in [4.69, 9.17) is 4.74 Å². The first kappa shape index (κ1) is 14.3. The number of carbonyl (C=O) groups excluding carboxylic acids is 1. The summed E-state index contributed by atoms with van der Waals surface area (Å²) in [6.45, 7) is 2.55. The standard InChI is InChI=1S/C14H21NO3S/c1-14(7-4-3-5-11(14)16)9-15-13(17)12-10(18-2)6-8-19-12/h6,8,11,16H,3-5,7,9H2,1-2H3,(H,15,17)/t11-,14-/m1/s1. The predicted molar refractivity (Wildman–Crippen MR) is 75.8 cm³/mol. The molecule has 0 saturated heterocycles. The number of hydrogen-bond donors (Lipinski definition) is 2. The minimum Gasteiger partial charge on any atom is -0.495 e. The van der Waals surface area contributed by atoms with E-state index in [0.29, 0.717) is 17.2 Å². The molecule has 5 heteroatoms. The van der Waals surface area contributed by atoms with Crippen molar-refractivity contribution in [2.75, 3.05) is 13.7 Å². The molecular weight excluding hydrogens is 262 g/mol. The van der Waals surface area contributed by atoms with Crippen molar-refractivity contribution < 1.29 is 14.6 Å². The van der Waals surface area contributed by atoms with Crippen molar-refractivity contribution in [3.05, 3.63) is 16.3 Å². The Hall–Kier alpha value is -1.07. The number of hydrogen-bond acceptors (Lipinski definition) is 4. The number of aliphatic hydroxyl groups is 1. The summed E-state index contributed by atoms with van der Waals surface area (Å²) in [6.07, 6.45) is 3.65. The number of aliphatic hydroxyl groups excluding tert-OH is 1. The molecule has 0 aliphatic heterocycles. The van der Waals surface area contributed by atoms with Crippen LogP contribution in [0.15, 0.2) is 11.4 Å². The normalized spacial score (nSPS) is 27.0. The van der Waals surface area contributed by atoms with Crippen LogP contribution in [0, 0.1) is 5.41 Å². The van der Waals surface area contributed by atoms with E-state index < -0.39 is 0 Å². The van der Waals surface area contributed by atoms with Gasteiger partial charge in [0.15, 0.2) is 0 Å². The van der Waals surface area contributed by atoms with Crippen LogP contribution < -0.4 is 10.1 Å². The van der Waals surface area contributed by atoms with E-state index in [9.17, 15) is 9.90 Å². The highest BCUT2D eigenvalue weighted by atomic mass is 32.1. The smallest absolute Gasteiger partial charge is 0.265 e. The number of methoxy groups -OCH3 is 1. The van der Waals surface area contributed by atoms with Crippen LogP contribution in [0.5, 0.6) is 5.75 Å². The molecule has 2 atom stereocenters. The number of amides is 1. The van der Waals surface area contributed by atoms with Crippen LogP contribution >= 0.6 is 11.3 Å². The van der Waals surface area contributed by atoms with Crippen LogP contribution in [0.25, 0.3) is 0 Å². The summed E-state index contributed by atoms with van der Waals surface area (Å²) < 4.78 is 5.14. The van der Waals surface area contributed by atoms with Gasteiger partial charge in [0.05, 0.1) is 13.2 Å². The molecule has 1 aromatic heterocycles. The van der Waals surface area contributed by atoms with E-state index in [0.717, 1.165) is 25.7 Å². The Bertz CT molecular complexity index is 446. The fourth-order valence-corrected chi connectivity index (χ4v) is 3.35. The highest BCUT2D eigenvalue weighted by Gasteiger charge is 2.35. The van der Waals surface area contributed by atoms with Crippen molar-refractivity contribution in [3.63, 3.8) is 0 Å². The van der Waals surface area contributed by atoms with Crippen LogP contribution in [0.3, 0.4) is 0 Å². The summed E-state index contributed by atoms with van der Waals surface area (Å²) in [7, 11) is 1.56. The molecule has 1 saturated carbocycles. The number of ether oxygens (including phenoxy) is 1. The number of nitrogens with one attached hydrogen (secondary N) is 1. The summed E-state index contributed by atoms with van der Waals surface area (Å²) in [4.78, 5) is 12.7. The molecule has 1 heterocycles. The van der Waals surface area contributed by atoms with Gasteiger partial charge in [0.2, 0.25) is 0 Å². The second kappa shape index (κ2) is 5.92. The quantitative estimate of drug-likeness (QED) is 0.892. The molecule has 1 aromatic rings. The molecule has 4 nitrogen and oxygen atoms in total. The SMILES string of the molecule is COc1ccsc1C(=O)NC[C@@]1(C)CCCC[C@H]1O. The molecule has 0 unspecified atom stereocenters. The van der Waals surface area contributed by atoms with Gasteiger partial charge >= 0.3 is 0 Å². The molecule has 1 amide bonds. The van der Waals surface area contributed by atoms with Crippen LogP contribution in [0.1, 0.15) is 42.3 Å². The molecule has 1 fully saturated rings. The summed E-state index contributed by atoms with van der Waals surface area (Å²) in [5.74, 6) is 0.489. The van der Waals surface area contributed by atoms with Gasteiger partial charge in [-0.3, -0.25) is 4.79 Å². The van der Waals surface area contributed by atoms with Crippen LogP contribution in [0.4, 0.5) is 0 Å². The van der Waals surface area contributed by atoms with Crippen molar-refractivity contribution in [1.29, 1.82) is 0 Å². The van der Waals surface area contributed by atoms with Gasteiger partial charge in [-0.25, -0.2) is 0 Å². The third-order valence-electron chi connectivity index (χ3n) is 3.99. The van der Waals surface area contributed by atoms with Gasteiger partial charge in [0.25, 0.3) is 5.91 Å². The molecule has 19 heavy (non-hydrogen) atoms. The molecule has 1 aliphatic rings. The number of rotatable bonds is 4. The van der Waals surface area contributed by atoms with E-state index in [1.54, 1.807) is 13.2 Å². The van der Waals surface area contributed by atoms with Gasteiger partial charge in [-0.1, -0.05) is 19.8 Å². The zero-order valence-corrected chi connectivity index (χ0v) is 12.3. The van der Waals surface area contributed by atoms with E-state index in [2.05, 4.69) is 5.32 Å². The minimum atomic E-state index is -0.327. The van der Waals surface area contributed by atoms with Gasteiger partial charge in [-0.05, 0) is 24.3 Å². The Morgan fingerprint density at radius 2 is 2.42 bits per heavy atom. The first-order chi connectivity index (χ1) is 9.07. The van der Waals surface area contributed by atoms with E-state index in [-0.39, 0.29) is 17.4 Å². The van der Waals surface area contributed by atoms with Gasteiger partial charge in [0, 0.05) is 12.0 Å². The first-order valence-corrected chi connectivity index (χ1v) is 7.52. The monoisotopic (exact) mass is 283 g/mol. The van der Waals surface area contributed by atoms with Gasteiger partial charge in [0.1, 0.15) is 10.6 Å². The third-order valence-corrected chi connectivity index (χ3v) is 4.88. The van der Waals surface area contributed by atoms with Crippen molar-refractivity contribution >= 4 is 17.2 Å². The Labute approximate surface area is 117 Å². The largest absolute Gasteiger partial charge is 0.495 e. The lowest BCUT2D eigenvalue weighted by molar-refractivity contribution is 0.00192. The van der Waals surface area contributed by atoms with Crippen molar-refractivity contribution in [3.8, 4) is 5.75 Å². The van der Waals surface area contributed by atoms with Gasteiger partial charge < -0.3 is 15.2 Å². The molecule has 2 rings (SSSR count). The first-order valence-electron chi connectivity index (χ1n) is 6.64. The average molecular weight is 283 g/mol. The fourth-order valence-electron chi connectivity index (χ4n) is 2.57. The lowest BCUT2D eigenvalue weighted by Crippen LogP contribution is -2.45. The molecule has 0 spiro atoms. The minimum absolute atomic E-state index is 0.120.